The van der Waals surface area contributed by atoms with Crippen LogP contribution in [0.2, 0.25) is 0 Å². The summed E-state index contributed by atoms with van der Waals surface area (Å²) in [6.45, 7) is 4.32. The van der Waals surface area contributed by atoms with Crippen LogP contribution in [0.5, 0.6) is 0 Å². The second-order valence-electron chi connectivity index (χ2n) is 4.46. The lowest BCUT2D eigenvalue weighted by Gasteiger charge is -2.18. The van der Waals surface area contributed by atoms with E-state index in [9.17, 15) is 0 Å². The lowest BCUT2D eigenvalue weighted by Crippen LogP contribution is -2.18. The highest BCUT2D eigenvalue weighted by atomic mass is 15.2. The Kier molecular flexibility index (Phi) is 3.29. The minimum atomic E-state index is 0.212. The monoisotopic (exact) mass is 229 g/mol. The lowest BCUT2D eigenvalue weighted by molar-refractivity contribution is 0.684. The number of rotatable bonds is 3. The summed E-state index contributed by atoms with van der Waals surface area (Å²) in [7, 11) is 3.93. The van der Waals surface area contributed by atoms with Crippen molar-refractivity contribution in [2.75, 3.05) is 7.05 Å². The molecule has 2 aromatic rings. The highest BCUT2D eigenvalue weighted by Gasteiger charge is 2.16. The molecule has 1 unspecified atom stereocenters. The van der Waals surface area contributed by atoms with E-state index in [-0.39, 0.29) is 6.04 Å². The molecule has 0 saturated heterocycles. The van der Waals surface area contributed by atoms with Gasteiger partial charge in [0.25, 0.3) is 0 Å². The standard InChI is InChI=1S/C14H19N3/c1-10-6-5-7-13(11(10)2)14(15-3)12-8-16-17(4)9-12/h5-9,14-15H,1-4H3. The molecule has 1 heterocycles. The van der Waals surface area contributed by atoms with Crippen molar-refractivity contribution in [2.45, 2.75) is 19.9 Å². The van der Waals surface area contributed by atoms with Gasteiger partial charge >= 0.3 is 0 Å². The molecule has 0 amide bonds. The van der Waals surface area contributed by atoms with E-state index in [1.54, 1.807) is 0 Å². The van der Waals surface area contributed by atoms with Crippen molar-refractivity contribution in [3.63, 3.8) is 0 Å². The molecule has 0 saturated carbocycles. The Morgan fingerprint density at radius 3 is 2.65 bits per heavy atom. The van der Waals surface area contributed by atoms with Gasteiger partial charge in [0.05, 0.1) is 12.2 Å². The predicted octanol–water partition coefficient (Wildman–Crippen LogP) is 2.35. The van der Waals surface area contributed by atoms with Gasteiger partial charge < -0.3 is 5.32 Å². The third kappa shape index (κ3) is 2.24. The molecule has 3 heteroatoms. The van der Waals surface area contributed by atoms with Crippen LogP contribution >= 0.6 is 0 Å². The Hall–Kier alpha value is -1.61. The number of benzene rings is 1. The van der Waals surface area contributed by atoms with Gasteiger partial charge in [-0.05, 0) is 37.6 Å². The number of nitrogens with one attached hydrogen (secondary N) is 1. The first-order chi connectivity index (χ1) is 8.13. The maximum Gasteiger partial charge on any atom is 0.0608 e. The van der Waals surface area contributed by atoms with Gasteiger partial charge in [-0.1, -0.05) is 18.2 Å². The topological polar surface area (TPSA) is 29.9 Å². The number of hydrogen-bond donors (Lipinski definition) is 1. The Balaban J connectivity index is 2.45. The van der Waals surface area contributed by atoms with Gasteiger partial charge in [-0.25, -0.2) is 0 Å². The Bertz CT molecular complexity index is 514. The van der Waals surface area contributed by atoms with Gasteiger partial charge in [0.1, 0.15) is 0 Å². The molecule has 90 valence electrons. The fourth-order valence-corrected chi connectivity index (χ4v) is 2.18. The van der Waals surface area contributed by atoms with Gasteiger partial charge in [0, 0.05) is 18.8 Å². The SMILES string of the molecule is CNC(c1cnn(C)c1)c1cccc(C)c1C. The quantitative estimate of drug-likeness (QED) is 0.875. The van der Waals surface area contributed by atoms with Crippen molar-refractivity contribution in [3.8, 4) is 0 Å². The van der Waals surface area contributed by atoms with Crippen molar-refractivity contribution in [1.29, 1.82) is 0 Å². The van der Waals surface area contributed by atoms with Crippen LogP contribution in [0.3, 0.4) is 0 Å². The number of aromatic nitrogens is 2. The minimum absolute atomic E-state index is 0.212. The van der Waals surface area contributed by atoms with Gasteiger partial charge in [-0.2, -0.15) is 5.10 Å². The highest BCUT2D eigenvalue weighted by molar-refractivity contribution is 5.39. The number of aryl methyl sites for hydroxylation is 2. The van der Waals surface area contributed by atoms with Crippen LogP contribution in [0.25, 0.3) is 0 Å². The molecule has 0 spiro atoms. The van der Waals surface area contributed by atoms with E-state index < -0.39 is 0 Å². The van der Waals surface area contributed by atoms with Crippen LogP contribution in [-0.2, 0) is 7.05 Å². The van der Waals surface area contributed by atoms with E-state index in [0.29, 0.717) is 0 Å². The molecular weight excluding hydrogens is 210 g/mol. The summed E-state index contributed by atoms with van der Waals surface area (Å²) in [6.07, 6.45) is 3.98. The molecule has 0 radical (unpaired) electrons. The van der Waals surface area contributed by atoms with E-state index in [0.717, 1.165) is 0 Å². The zero-order chi connectivity index (χ0) is 12.4. The first kappa shape index (κ1) is 11.9. The van der Waals surface area contributed by atoms with Crippen molar-refractivity contribution in [3.05, 3.63) is 52.8 Å². The summed E-state index contributed by atoms with van der Waals surface area (Å²) in [4.78, 5) is 0. The van der Waals surface area contributed by atoms with Crippen LogP contribution in [0, 0.1) is 13.8 Å². The second-order valence-corrected chi connectivity index (χ2v) is 4.46. The van der Waals surface area contributed by atoms with Crippen LogP contribution < -0.4 is 5.32 Å². The first-order valence-corrected chi connectivity index (χ1v) is 5.85. The zero-order valence-electron chi connectivity index (χ0n) is 10.9. The maximum absolute atomic E-state index is 4.24. The molecule has 1 aromatic carbocycles. The Labute approximate surface area is 102 Å². The van der Waals surface area contributed by atoms with E-state index >= 15 is 0 Å². The third-order valence-corrected chi connectivity index (χ3v) is 3.30. The van der Waals surface area contributed by atoms with Crippen molar-refractivity contribution in [2.24, 2.45) is 7.05 Å². The van der Waals surface area contributed by atoms with E-state index in [2.05, 4.69) is 48.7 Å². The molecule has 2 rings (SSSR count). The molecule has 0 fully saturated rings. The van der Waals surface area contributed by atoms with Crippen molar-refractivity contribution < 1.29 is 0 Å². The van der Waals surface area contributed by atoms with Crippen molar-refractivity contribution >= 4 is 0 Å². The van der Waals surface area contributed by atoms with Gasteiger partial charge in [0.15, 0.2) is 0 Å². The number of hydrogen-bond acceptors (Lipinski definition) is 2. The molecule has 1 aromatic heterocycles. The molecule has 1 atom stereocenters. The first-order valence-electron chi connectivity index (χ1n) is 5.85. The second kappa shape index (κ2) is 4.72. The molecule has 1 N–H and O–H groups in total. The van der Waals surface area contributed by atoms with Crippen molar-refractivity contribution in [1.82, 2.24) is 15.1 Å². The summed E-state index contributed by atoms with van der Waals surface area (Å²) in [6, 6.07) is 6.65. The molecule has 17 heavy (non-hydrogen) atoms. The smallest absolute Gasteiger partial charge is 0.0608 e. The van der Waals surface area contributed by atoms with Crippen LogP contribution in [0.4, 0.5) is 0 Å². The number of nitrogens with zero attached hydrogens (tertiary/aromatic N) is 2. The third-order valence-electron chi connectivity index (χ3n) is 3.30. The van der Waals surface area contributed by atoms with Crippen LogP contribution in [0.15, 0.2) is 30.6 Å². The van der Waals surface area contributed by atoms with Crippen LogP contribution in [0.1, 0.15) is 28.3 Å². The largest absolute Gasteiger partial charge is 0.309 e. The molecule has 0 bridgehead atoms. The summed E-state index contributed by atoms with van der Waals surface area (Å²) in [5.74, 6) is 0. The molecule has 0 aliphatic heterocycles. The summed E-state index contributed by atoms with van der Waals surface area (Å²) in [5.41, 5.74) is 5.19. The van der Waals surface area contributed by atoms with E-state index in [4.69, 9.17) is 0 Å². The summed E-state index contributed by atoms with van der Waals surface area (Å²) < 4.78 is 1.84. The highest BCUT2D eigenvalue weighted by Crippen LogP contribution is 2.25. The maximum atomic E-state index is 4.24. The minimum Gasteiger partial charge on any atom is -0.309 e. The zero-order valence-corrected chi connectivity index (χ0v) is 10.9. The van der Waals surface area contributed by atoms with E-state index in [1.807, 2.05) is 25.0 Å². The van der Waals surface area contributed by atoms with E-state index in [1.165, 1.54) is 22.3 Å². The summed E-state index contributed by atoms with van der Waals surface area (Å²) in [5, 5.41) is 7.60. The Morgan fingerprint density at radius 1 is 1.29 bits per heavy atom. The fourth-order valence-electron chi connectivity index (χ4n) is 2.18. The van der Waals surface area contributed by atoms with Gasteiger partial charge in [-0.3, -0.25) is 4.68 Å². The molecule has 0 aliphatic rings. The molecule has 0 aliphatic carbocycles. The lowest BCUT2D eigenvalue weighted by atomic mass is 9.94. The molecule has 3 nitrogen and oxygen atoms in total. The van der Waals surface area contributed by atoms with Gasteiger partial charge in [-0.15, -0.1) is 0 Å². The fraction of sp³-hybridized carbons (Fsp3) is 0.357. The molecular formula is C14H19N3. The summed E-state index contributed by atoms with van der Waals surface area (Å²) >= 11 is 0. The average Bonchev–Trinajstić information content (AvgIpc) is 2.72. The Morgan fingerprint density at radius 2 is 2.06 bits per heavy atom. The predicted molar refractivity (Wildman–Crippen MR) is 70.0 cm³/mol. The van der Waals surface area contributed by atoms with Gasteiger partial charge in [0.2, 0.25) is 0 Å². The average molecular weight is 229 g/mol. The normalized spacial score (nSPS) is 12.7. The van der Waals surface area contributed by atoms with Crippen LogP contribution in [-0.4, -0.2) is 16.8 Å².